The van der Waals surface area contributed by atoms with Gasteiger partial charge in [-0.3, -0.25) is 0 Å². The lowest BCUT2D eigenvalue weighted by atomic mass is 9.84. The van der Waals surface area contributed by atoms with E-state index >= 15 is 0 Å². The van der Waals surface area contributed by atoms with Crippen molar-refractivity contribution in [3.05, 3.63) is 106 Å². The molecule has 0 aromatic heterocycles. The van der Waals surface area contributed by atoms with Crippen LogP contribution in [0.2, 0.25) is 0 Å². The maximum Gasteiger partial charge on any atom is 0.123 e. The maximum atomic E-state index is 11.1. The number of rotatable bonds is 10. The fourth-order valence-corrected chi connectivity index (χ4v) is 7.40. The number of hydrogen-bond donors (Lipinski definition) is 2. The lowest BCUT2D eigenvalue weighted by molar-refractivity contribution is 0.463. The number of hydrogen-bond acceptors (Lipinski definition) is 4. The second kappa shape index (κ2) is 14.7. The van der Waals surface area contributed by atoms with Crippen LogP contribution in [0.3, 0.4) is 0 Å². The summed E-state index contributed by atoms with van der Waals surface area (Å²) >= 11 is 3.72. The zero-order valence-corrected chi connectivity index (χ0v) is 27.7. The Labute approximate surface area is 258 Å². The molecule has 3 rings (SSSR count). The molecular formula is C37H50O2S2. The zero-order chi connectivity index (χ0) is 30.2. The zero-order valence-electron chi connectivity index (χ0n) is 26.1. The summed E-state index contributed by atoms with van der Waals surface area (Å²) in [5.74, 6) is 2.32. The fraction of sp³-hybridized carbons (Fsp3) is 0.459. The third kappa shape index (κ3) is 9.35. The molecule has 0 aliphatic heterocycles. The Bertz CT molecular complexity index is 1270. The molecule has 0 saturated heterocycles. The Balaban J connectivity index is 1.85. The van der Waals surface area contributed by atoms with Crippen molar-refractivity contribution in [2.24, 2.45) is 0 Å². The minimum atomic E-state index is 0.00889. The molecule has 2 aromatic carbocycles. The van der Waals surface area contributed by atoms with Gasteiger partial charge in [-0.15, -0.1) is 36.7 Å². The molecule has 1 aliphatic carbocycles. The number of aromatic hydroxyl groups is 2. The van der Waals surface area contributed by atoms with Gasteiger partial charge in [-0.2, -0.15) is 0 Å². The molecule has 0 bridgehead atoms. The van der Waals surface area contributed by atoms with E-state index in [-0.39, 0.29) is 10.8 Å². The smallest absolute Gasteiger partial charge is 0.123 e. The quantitative estimate of drug-likeness (QED) is 0.270. The average molecular weight is 591 g/mol. The van der Waals surface area contributed by atoms with Gasteiger partial charge in [-0.05, 0) is 82.6 Å². The van der Waals surface area contributed by atoms with Crippen molar-refractivity contribution in [2.75, 3.05) is 0 Å². The van der Waals surface area contributed by atoms with Crippen LogP contribution < -0.4 is 0 Å². The highest BCUT2D eigenvalue weighted by Gasteiger charge is 2.22. The van der Waals surface area contributed by atoms with Gasteiger partial charge in [0.05, 0.1) is 0 Å². The van der Waals surface area contributed by atoms with E-state index in [4.69, 9.17) is 0 Å². The summed E-state index contributed by atoms with van der Waals surface area (Å²) in [6, 6.07) is 8.63. The number of phenolic OH excluding ortho intramolecular Hbond substituents is 2. The number of thioether (sulfide) groups is 2. The number of allylic oxidation sites excluding steroid dienone is 4. The molecule has 1 unspecified atom stereocenters. The van der Waals surface area contributed by atoms with Crippen LogP contribution in [0, 0.1) is 0 Å². The first-order valence-electron chi connectivity index (χ1n) is 14.8. The maximum absolute atomic E-state index is 11.1. The molecular weight excluding hydrogens is 541 g/mol. The van der Waals surface area contributed by atoms with Crippen molar-refractivity contribution in [3.8, 4) is 11.5 Å². The van der Waals surface area contributed by atoms with Gasteiger partial charge in [0.1, 0.15) is 11.5 Å². The van der Waals surface area contributed by atoms with Crippen LogP contribution in [0.15, 0.2) is 72.7 Å². The Hall–Kier alpha value is -2.30. The molecule has 0 radical (unpaired) electrons. The second-order valence-electron chi connectivity index (χ2n) is 13.2. The largest absolute Gasteiger partial charge is 0.507 e. The Morgan fingerprint density at radius 2 is 1.29 bits per heavy atom. The summed E-state index contributed by atoms with van der Waals surface area (Å²) in [6.07, 6.45) is 14.0. The third-order valence-corrected chi connectivity index (χ3v) is 10.0. The van der Waals surface area contributed by atoms with Gasteiger partial charge in [0.2, 0.25) is 0 Å². The van der Waals surface area contributed by atoms with Crippen molar-refractivity contribution < 1.29 is 10.2 Å². The molecule has 0 fully saturated rings. The van der Waals surface area contributed by atoms with Crippen LogP contribution in [-0.2, 0) is 35.2 Å². The van der Waals surface area contributed by atoms with E-state index in [0.717, 1.165) is 59.4 Å². The van der Waals surface area contributed by atoms with Crippen LogP contribution in [0.5, 0.6) is 11.5 Å². The summed E-state index contributed by atoms with van der Waals surface area (Å²) in [5, 5.41) is 24.9. The van der Waals surface area contributed by atoms with Crippen LogP contribution in [0.25, 0.3) is 0 Å². The Morgan fingerprint density at radius 1 is 0.780 bits per heavy atom. The van der Waals surface area contributed by atoms with E-state index in [1.54, 1.807) is 11.8 Å². The molecule has 0 spiro atoms. The topological polar surface area (TPSA) is 40.5 Å². The SMILES string of the molecule is C=CCc1cc(C(C)(C)C)cc(CSC=C2C/C=C\CCCC2SCc2cc(C(C)(C)C)cc(CC=C)c2O)c1O. The molecule has 4 heteroatoms. The van der Waals surface area contributed by atoms with Crippen molar-refractivity contribution in [1.82, 2.24) is 0 Å². The normalized spacial score (nSPS) is 18.1. The molecule has 0 heterocycles. The molecule has 2 N–H and O–H groups in total. The van der Waals surface area contributed by atoms with E-state index in [0.29, 0.717) is 29.6 Å². The van der Waals surface area contributed by atoms with Gasteiger partial charge >= 0.3 is 0 Å². The first kappa shape index (κ1) is 33.2. The monoisotopic (exact) mass is 590 g/mol. The van der Waals surface area contributed by atoms with Crippen LogP contribution in [0.1, 0.15) is 101 Å². The molecule has 1 aliphatic rings. The van der Waals surface area contributed by atoms with E-state index < -0.39 is 0 Å². The third-order valence-electron chi connectivity index (χ3n) is 7.68. The lowest BCUT2D eigenvalue weighted by Gasteiger charge is -2.24. The average Bonchev–Trinajstić information content (AvgIpc) is 2.87. The van der Waals surface area contributed by atoms with Crippen LogP contribution in [0.4, 0.5) is 0 Å². The molecule has 0 amide bonds. The van der Waals surface area contributed by atoms with Gasteiger partial charge in [0, 0.05) is 27.9 Å². The molecule has 222 valence electrons. The lowest BCUT2D eigenvalue weighted by Crippen LogP contribution is -2.13. The van der Waals surface area contributed by atoms with E-state index in [2.05, 4.69) is 96.5 Å². The predicted octanol–water partition coefficient (Wildman–Crippen LogP) is 10.7. The van der Waals surface area contributed by atoms with Gasteiger partial charge < -0.3 is 10.2 Å². The Kier molecular flexibility index (Phi) is 11.9. The number of benzene rings is 2. The van der Waals surface area contributed by atoms with Crippen LogP contribution in [-0.4, -0.2) is 15.5 Å². The summed E-state index contributed by atoms with van der Waals surface area (Å²) < 4.78 is 0. The molecule has 2 aromatic rings. The van der Waals surface area contributed by atoms with Gasteiger partial charge in [-0.25, -0.2) is 0 Å². The van der Waals surface area contributed by atoms with E-state index in [9.17, 15) is 10.2 Å². The fourth-order valence-electron chi connectivity index (χ4n) is 5.05. The molecule has 0 saturated carbocycles. The summed E-state index contributed by atoms with van der Waals surface area (Å²) in [5.41, 5.74) is 7.85. The van der Waals surface area contributed by atoms with Crippen molar-refractivity contribution in [2.45, 2.75) is 108 Å². The summed E-state index contributed by atoms with van der Waals surface area (Å²) in [4.78, 5) is 0. The second-order valence-corrected chi connectivity index (χ2v) is 15.2. The van der Waals surface area contributed by atoms with Gasteiger partial charge in [-0.1, -0.05) is 90.1 Å². The van der Waals surface area contributed by atoms with Gasteiger partial charge in [0.25, 0.3) is 0 Å². The van der Waals surface area contributed by atoms with E-state index in [1.165, 1.54) is 16.7 Å². The van der Waals surface area contributed by atoms with Gasteiger partial charge in [0.15, 0.2) is 0 Å². The standard InChI is InChI=1S/C37H50O2S2/c1-9-15-26-19-31(36(3,4)5)21-29(34(26)38)24-40-23-28-17-13-11-12-14-18-33(28)41-25-30-22-32(37(6,7)8)20-27(16-10-2)35(30)39/h9-11,13,19-23,33,38-39H,1-2,12,14-18,24-25H2,3-8H3/b13-11-,28-23?. The minimum Gasteiger partial charge on any atom is -0.507 e. The summed E-state index contributed by atoms with van der Waals surface area (Å²) in [7, 11) is 0. The molecule has 1 atom stereocenters. The van der Waals surface area contributed by atoms with E-state index in [1.807, 2.05) is 23.9 Å². The molecule has 41 heavy (non-hydrogen) atoms. The van der Waals surface area contributed by atoms with Crippen LogP contribution >= 0.6 is 23.5 Å². The minimum absolute atomic E-state index is 0.00889. The number of phenols is 2. The highest BCUT2D eigenvalue weighted by Crippen LogP contribution is 2.39. The first-order valence-corrected chi connectivity index (χ1v) is 16.9. The first-order chi connectivity index (χ1) is 19.3. The predicted molar refractivity (Wildman–Crippen MR) is 183 cm³/mol. The van der Waals surface area contributed by atoms with Crippen molar-refractivity contribution >= 4 is 23.5 Å². The summed E-state index contributed by atoms with van der Waals surface area (Å²) in [6.45, 7) is 21.1. The molecule has 2 nitrogen and oxygen atoms in total. The highest BCUT2D eigenvalue weighted by molar-refractivity contribution is 8.01. The van der Waals surface area contributed by atoms with Crippen molar-refractivity contribution in [3.63, 3.8) is 0 Å². The van der Waals surface area contributed by atoms with Crippen molar-refractivity contribution in [1.29, 1.82) is 0 Å². The highest BCUT2D eigenvalue weighted by atomic mass is 32.2. The Morgan fingerprint density at radius 3 is 1.80 bits per heavy atom.